The molecule has 0 saturated carbocycles. The van der Waals surface area contributed by atoms with Gasteiger partial charge in [0.2, 0.25) is 0 Å². The van der Waals surface area contributed by atoms with E-state index in [0.29, 0.717) is 6.61 Å². The molecule has 0 N–H and O–H groups in total. The average molecular weight is 171 g/mol. The molecule has 0 heterocycles. The predicted molar refractivity (Wildman–Crippen MR) is 43.8 cm³/mol. The lowest BCUT2D eigenvalue weighted by Crippen LogP contribution is -2.06. The molecule has 11 heavy (non-hydrogen) atoms. The minimum absolute atomic E-state index is 0.105. The van der Waals surface area contributed by atoms with Crippen molar-refractivity contribution in [3.63, 3.8) is 0 Å². The van der Waals surface area contributed by atoms with E-state index < -0.39 is 0 Å². The molecule has 0 aromatic carbocycles. The molecule has 0 amide bonds. The van der Waals surface area contributed by atoms with Crippen LogP contribution in [0.2, 0.25) is 0 Å². The molecule has 0 atom stereocenters. The van der Waals surface area contributed by atoms with Crippen molar-refractivity contribution in [1.82, 2.24) is 0 Å². The van der Waals surface area contributed by atoms with E-state index in [1.54, 1.807) is 17.6 Å². The third-order valence-electron chi connectivity index (χ3n) is 0.831. The molecule has 0 bridgehead atoms. The fourth-order valence-corrected chi connectivity index (χ4v) is 0.636. The van der Waals surface area contributed by atoms with Gasteiger partial charge in [0.1, 0.15) is 17.8 Å². The first-order chi connectivity index (χ1) is 5.31. The largest absolute Gasteiger partial charge is 0.461 e. The highest BCUT2D eigenvalue weighted by Gasteiger charge is 1.99. The second-order valence-electron chi connectivity index (χ2n) is 1.63. The van der Waals surface area contributed by atoms with Crippen molar-refractivity contribution in [2.45, 2.75) is 6.92 Å². The van der Waals surface area contributed by atoms with E-state index >= 15 is 0 Å². The van der Waals surface area contributed by atoms with Crippen LogP contribution in [0.5, 0.6) is 0 Å². The monoisotopic (exact) mass is 171 g/mol. The summed E-state index contributed by atoms with van der Waals surface area (Å²) in [5.41, 5.74) is 0. The number of ether oxygens (including phenoxy) is 1. The Morgan fingerprint density at radius 1 is 1.82 bits per heavy atom. The molecule has 60 valence electrons. The summed E-state index contributed by atoms with van der Waals surface area (Å²) < 4.78 is 4.69. The summed E-state index contributed by atoms with van der Waals surface area (Å²) in [6, 6.07) is 0. The second kappa shape index (κ2) is 7.16. The normalized spacial score (nSPS) is 9.45. The smallest absolute Gasteiger partial charge is 0.317 e. The van der Waals surface area contributed by atoms with Crippen molar-refractivity contribution in [2.75, 3.05) is 12.4 Å². The van der Waals surface area contributed by atoms with Gasteiger partial charge in [0, 0.05) is 0 Å². The zero-order valence-corrected chi connectivity index (χ0v) is 7.06. The summed E-state index contributed by atoms with van der Waals surface area (Å²) in [5.74, 6) is -0.247. The van der Waals surface area contributed by atoms with E-state index in [-0.39, 0.29) is 11.7 Å². The first-order valence-electron chi connectivity index (χ1n) is 3.09. The van der Waals surface area contributed by atoms with Crippen LogP contribution < -0.4 is 0 Å². The van der Waals surface area contributed by atoms with Crippen LogP contribution in [-0.2, 0) is 9.53 Å². The quantitative estimate of drug-likeness (QED) is 0.363. The summed E-state index contributed by atoms with van der Waals surface area (Å²) >= 11 is 0.881. The van der Waals surface area contributed by atoms with Crippen LogP contribution in [0.15, 0.2) is 12.2 Å². The van der Waals surface area contributed by atoms with Gasteiger partial charge >= 0.3 is 5.97 Å². The van der Waals surface area contributed by atoms with E-state index in [4.69, 9.17) is 5.26 Å². The van der Waals surface area contributed by atoms with Gasteiger partial charge in [0.25, 0.3) is 0 Å². The third kappa shape index (κ3) is 6.94. The highest BCUT2D eigenvalue weighted by atomic mass is 32.2. The Labute approximate surface area is 70.0 Å². The van der Waals surface area contributed by atoms with E-state index in [2.05, 4.69) is 4.74 Å². The molecule has 0 aromatic heterocycles. The molecule has 0 saturated heterocycles. The fourth-order valence-electron chi connectivity index (χ4n) is 0.370. The molecule has 0 aliphatic carbocycles. The summed E-state index contributed by atoms with van der Waals surface area (Å²) in [6.07, 6.45) is 3.53. The number of carbonyl (C=O) groups excluding carboxylic acids is 1. The van der Waals surface area contributed by atoms with Crippen LogP contribution in [0.1, 0.15) is 6.92 Å². The van der Waals surface area contributed by atoms with E-state index in [1.807, 2.05) is 6.92 Å². The molecule has 0 aliphatic heterocycles. The molecule has 0 aliphatic rings. The van der Waals surface area contributed by atoms with Crippen molar-refractivity contribution < 1.29 is 9.53 Å². The zero-order chi connectivity index (χ0) is 8.53. The van der Waals surface area contributed by atoms with Gasteiger partial charge in [-0.05, 0) is 18.7 Å². The van der Waals surface area contributed by atoms with Gasteiger partial charge in [-0.25, -0.2) is 0 Å². The molecule has 0 unspecified atom stereocenters. The van der Waals surface area contributed by atoms with E-state index in [1.165, 1.54) is 0 Å². The number of carbonyl (C=O) groups is 1. The molecule has 0 aromatic rings. The maximum Gasteiger partial charge on any atom is 0.317 e. The Hall–Kier alpha value is -0.950. The lowest BCUT2D eigenvalue weighted by atomic mass is 10.5. The number of hydrogen-bond donors (Lipinski definition) is 0. The van der Waals surface area contributed by atoms with Crippen molar-refractivity contribution in [3.05, 3.63) is 12.2 Å². The van der Waals surface area contributed by atoms with Crippen LogP contribution in [0.4, 0.5) is 0 Å². The van der Waals surface area contributed by atoms with Gasteiger partial charge in [0.05, 0.1) is 0 Å². The van der Waals surface area contributed by atoms with Gasteiger partial charge in [-0.1, -0.05) is 12.2 Å². The van der Waals surface area contributed by atoms with Gasteiger partial charge in [-0.2, -0.15) is 5.26 Å². The van der Waals surface area contributed by atoms with Gasteiger partial charge in [-0.15, -0.1) is 0 Å². The number of thiocyanates is 1. The number of hydrogen-bond acceptors (Lipinski definition) is 4. The van der Waals surface area contributed by atoms with Gasteiger partial charge in [0.15, 0.2) is 0 Å². The number of thioether (sulfide) groups is 1. The third-order valence-corrected chi connectivity index (χ3v) is 1.34. The lowest BCUT2D eigenvalue weighted by Gasteiger charge is -1.96. The Kier molecular flexibility index (Phi) is 6.54. The Bertz CT molecular complexity index is 183. The number of allylic oxidation sites excluding steroid dienone is 1. The first kappa shape index (κ1) is 10.0. The SMILES string of the molecule is CC=CCOC(=O)CSC#N. The molecule has 3 nitrogen and oxygen atoms in total. The highest BCUT2D eigenvalue weighted by molar-refractivity contribution is 8.04. The Morgan fingerprint density at radius 2 is 2.55 bits per heavy atom. The van der Waals surface area contributed by atoms with Crippen LogP contribution in [0.25, 0.3) is 0 Å². The highest BCUT2D eigenvalue weighted by Crippen LogP contribution is 1.96. The standard InChI is InChI=1S/C7H9NO2S/c1-2-3-4-10-7(9)5-11-6-8/h2-3H,4-5H2,1H3. The number of rotatable bonds is 4. The lowest BCUT2D eigenvalue weighted by molar-refractivity contribution is -0.139. The van der Waals surface area contributed by atoms with Crippen molar-refractivity contribution in [2.24, 2.45) is 0 Å². The summed E-state index contributed by atoms with van der Waals surface area (Å²) in [7, 11) is 0. The minimum Gasteiger partial charge on any atom is -0.461 e. The maximum absolute atomic E-state index is 10.6. The number of nitriles is 1. The molecule has 0 fully saturated rings. The van der Waals surface area contributed by atoms with Crippen molar-refractivity contribution >= 4 is 17.7 Å². The predicted octanol–water partition coefficient (Wildman–Crippen LogP) is 1.32. The fraction of sp³-hybridized carbons (Fsp3) is 0.429. The maximum atomic E-state index is 10.6. The molecule has 4 heteroatoms. The molecule has 0 spiro atoms. The second-order valence-corrected chi connectivity index (χ2v) is 2.39. The van der Waals surface area contributed by atoms with Gasteiger partial charge < -0.3 is 4.74 Å². The van der Waals surface area contributed by atoms with Crippen LogP contribution in [-0.4, -0.2) is 18.3 Å². The van der Waals surface area contributed by atoms with E-state index in [9.17, 15) is 4.79 Å². The Morgan fingerprint density at radius 3 is 3.09 bits per heavy atom. The minimum atomic E-state index is -0.352. The van der Waals surface area contributed by atoms with Crippen molar-refractivity contribution in [1.29, 1.82) is 5.26 Å². The average Bonchev–Trinajstić information content (AvgIpc) is 2.01. The number of esters is 1. The Balaban J connectivity index is 3.31. The summed E-state index contributed by atoms with van der Waals surface area (Å²) in [5, 5.41) is 9.86. The first-order valence-corrected chi connectivity index (χ1v) is 4.07. The number of nitrogens with zero attached hydrogens (tertiary/aromatic N) is 1. The van der Waals surface area contributed by atoms with E-state index in [0.717, 1.165) is 11.8 Å². The topological polar surface area (TPSA) is 50.1 Å². The van der Waals surface area contributed by atoms with Crippen molar-refractivity contribution in [3.8, 4) is 5.40 Å². The van der Waals surface area contributed by atoms with Crippen LogP contribution >= 0.6 is 11.8 Å². The summed E-state index contributed by atoms with van der Waals surface area (Å²) in [4.78, 5) is 10.6. The molecular formula is C7H9NO2S. The van der Waals surface area contributed by atoms with Crippen LogP contribution in [0.3, 0.4) is 0 Å². The molecule has 0 radical (unpaired) electrons. The van der Waals surface area contributed by atoms with Gasteiger partial charge in [-0.3, -0.25) is 4.79 Å². The zero-order valence-electron chi connectivity index (χ0n) is 6.24. The van der Waals surface area contributed by atoms with Crippen LogP contribution in [0, 0.1) is 10.7 Å². The summed E-state index contributed by atoms with van der Waals surface area (Å²) in [6.45, 7) is 2.14. The molecular weight excluding hydrogens is 162 g/mol. The molecule has 0 rings (SSSR count).